The molecule has 0 spiro atoms. The van der Waals surface area contributed by atoms with Gasteiger partial charge in [-0.05, 0) is 30.3 Å². The van der Waals surface area contributed by atoms with Crippen LogP contribution in [0.25, 0.3) is 5.69 Å². The van der Waals surface area contributed by atoms with Gasteiger partial charge in [0.15, 0.2) is 0 Å². The number of nitrogens with one attached hydrogen (secondary N) is 2. The highest BCUT2D eigenvalue weighted by Crippen LogP contribution is 2.16. The average Bonchev–Trinajstić information content (AvgIpc) is 3.02. The van der Waals surface area contributed by atoms with Crippen molar-refractivity contribution < 1.29 is 4.79 Å². The van der Waals surface area contributed by atoms with Gasteiger partial charge in [-0.1, -0.05) is 6.07 Å². The molecule has 1 aliphatic heterocycles. The molecule has 21 heavy (non-hydrogen) atoms. The summed E-state index contributed by atoms with van der Waals surface area (Å²) in [7, 11) is 0. The van der Waals surface area contributed by atoms with E-state index in [1.807, 2.05) is 65.1 Å². The van der Waals surface area contributed by atoms with Crippen LogP contribution in [0.1, 0.15) is 6.42 Å². The van der Waals surface area contributed by atoms with Crippen molar-refractivity contribution in [2.45, 2.75) is 12.5 Å². The molecule has 0 radical (unpaired) electrons. The number of hydrogen-bond acceptors (Lipinski definition) is 3. The first-order chi connectivity index (χ1) is 10.3. The van der Waals surface area contributed by atoms with E-state index in [9.17, 15) is 4.79 Å². The molecule has 0 aliphatic carbocycles. The Kier molecular flexibility index (Phi) is 4.62. The maximum absolute atomic E-state index is 12.1. The molecule has 1 atom stereocenters. The van der Waals surface area contributed by atoms with Crippen LogP contribution in [0.15, 0.2) is 48.8 Å². The monoisotopic (exact) mass is 301 g/mol. The summed E-state index contributed by atoms with van der Waals surface area (Å²) in [5.41, 5.74) is 1.89. The molecule has 3 rings (SSSR count). The lowest BCUT2D eigenvalue weighted by Gasteiger charge is -2.22. The first-order valence-electron chi connectivity index (χ1n) is 7.16. The highest BCUT2D eigenvalue weighted by Gasteiger charge is 2.16. The summed E-state index contributed by atoms with van der Waals surface area (Å²) in [5, 5.41) is 6.37. The molecule has 2 aromatic rings. The van der Waals surface area contributed by atoms with Crippen molar-refractivity contribution in [3.8, 4) is 5.69 Å². The molecule has 1 unspecified atom stereocenters. The first-order valence-corrected chi connectivity index (χ1v) is 8.31. The molecule has 5 heteroatoms. The lowest BCUT2D eigenvalue weighted by molar-refractivity contribution is -0.116. The molecule has 0 saturated carbocycles. The number of thioether (sulfide) groups is 1. The molecule has 2 N–H and O–H groups in total. The first kappa shape index (κ1) is 14.2. The molecular weight excluding hydrogens is 282 g/mol. The molecule has 1 fully saturated rings. The van der Waals surface area contributed by atoms with Crippen LogP contribution in [0, 0.1) is 0 Å². The van der Waals surface area contributed by atoms with Crippen molar-refractivity contribution in [3.05, 3.63) is 48.8 Å². The number of carbonyl (C=O) groups excluding carboxylic acids is 1. The van der Waals surface area contributed by atoms with Gasteiger partial charge in [0.05, 0.1) is 0 Å². The molecular formula is C16H19N3OS. The number of benzene rings is 1. The van der Waals surface area contributed by atoms with Crippen LogP contribution in [-0.4, -0.2) is 34.6 Å². The maximum Gasteiger partial charge on any atom is 0.225 e. The maximum atomic E-state index is 12.1. The third-order valence-electron chi connectivity index (χ3n) is 3.46. The van der Waals surface area contributed by atoms with E-state index >= 15 is 0 Å². The summed E-state index contributed by atoms with van der Waals surface area (Å²) in [6.45, 7) is 0.992. The molecule has 1 aromatic heterocycles. The van der Waals surface area contributed by atoms with Gasteiger partial charge in [0.2, 0.25) is 5.91 Å². The van der Waals surface area contributed by atoms with Crippen LogP contribution >= 0.6 is 11.8 Å². The molecule has 1 amide bonds. The predicted molar refractivity (Wildman–Crippen MR) is 88.1 cm³/mol. The van der Waals surface area contributed by atoms with E-state index in [2.05, 4.69) is 10.6 Å². The Hall–Kier alpha value is -1.72. The van der Waals surface area contributed by atoms with Crippen molar-refractivity contribution in [1.29, 1.82) is 0 Å². The van der Waals surface area contributed by atoms with E-state index in [1.54, 1.807) is 0 Å². The quantitative estimate of drug-likeness (QED) is 0.912. The summed E-state index contributed by atoms with van der Waals surface area (Å²) < 4.78 is 2.02. The van der Waals surface area contributed by atoms with E-state index in [0.29, 0.717) is 6.42 Å². The Morgan fingerprint density at radius 2 is 2.19 bits per heavy atom. The number of anilines is 1. The van der Waals surface area contributed by atoms with Crippen molar-refractivity contribution in [1.82, 2.24) is 9.88 Å². The zero-order valence-corrected chi connectivity index (χ0v) is 12.6. The molecule has 1 aromatic carbocycles. The Balaban J connectivity index is 1.62. The SMILES string of the molecule is O=C(CC1CSCCN1)Nc1cccc(-n2cccc2)c1. The normalized spacial score (nSPS) is 18.4. The number of hydrogen-bond donors (Lipinski definition) is 2. The van der Waals surface area contributed by atoms with Crippen molar-refractivity contribution >= 4 is 23.4 Å². The predicted octanol–water partition coefficient (Wildman–Crippen LogP) is 2.51. The highest BCUT2D eigenvalue weighted by molar-refractivity contribution is 7.99. The van der Waals surface area contributed by atoms with Crippen LogP contribution in [0.4, 0.5) is 5.69 Å². The lowest BCUT2D eigenvalue weighted by Crippen LogP contribution is -2.39. The topological polar surface area (TPSA) is 46.1 Å². The minimum absolute atomic E-state index is 0.0691. The second-order valence-electron chi connectivity index (χ2n) is 5.12. The second-order valence-corrected chi connectivity index (χ2v) is 6.27. The van der Waals surface area contributed by atoms with E-state index in [-0.39, 0.29) is 11.9 Å². The van der Waals surface area contributed by atoms with Crippen LogP contribution < -0.4 is 10.6 Å². The molecule has 4 nitrogen and oxygen atoms in total. The van der Waals surface area contributed by atoms with Gasteiger partial charge in [-0.15, -0.1) is 0 Å². The fourth-order valence-electron chi connectivity index (χ4n) is 2.44. The van der Waals surface area contributed by atoms with E-state index in [1.165, 1.54) is 0 Å². The Morgan fingerprint density at radius 1 is 1.33 bits per heavy atom. The summed E-state index contributed by atoms with van der Waals surface area (Å²) in [5.74, 6) is 2.22. The van der Waals surface area contributed by atoms with Gasteiger partial charge in [-0.25, -0.2) is 0 Å². The van der Waals surface area contributed by atoms with Crippen molar-refractivity contribution in [3.63, 3.8) is 0 Å². The zero-order valence-electron chi connectivity index (χ0n) is 11.8. The van der Waals surface area contributed by atoms with E-state index in [4.69, 9.17) is 0 Å². The number of amides is 1. The summed E-state index contributed by atoms with van der Waals surface area (Å²) in [4.78, 5) is 12.1. The van der Waals surface area contributed by atoms with Gasteiger partial charge >= 0.3 is 0 Å². The molecule has 1 saturated heterocycles. The summed E-state index contributed by atoms with van der Waals surface area (Å²) >= 11 is 1.91. The third kappa shape index (κ3) is 3.89. The van der Waals surface area contributed by atoms with Crippen LogP contribution in [0.2, 0.25) is 0 Å². The second kappa shape index (κ2) is 6.83. The third-order valence-corrected chi connectivity index (χ3v) is 4.59. The molecule has 0 bridgehead atoms. The van der Waals surface area contributed by atoms with Gasteiger partial charge in [-0.2, -0.15) is 11.8 Å². The Bertz CT molecular complexity index is 591. The van der Waals surface area contributed by atoms with Crippen molar-refractivity contribution in [2.24, 2.45) is 0 Å². The molecule has 110 valence electrons. The largest absolute Gasteiger partial charge is 0.326 e. The number of carbonyl (C=O) groups is 1. The van der Waals surface area contributed by atoms with Gasteiger partial charge < -0.3 is 15.2 Å². The van der Waals surface area contributed by atoms with Gasteiger partial charge in [0, 0.05) is 54.3 Å². The molecule has 1 aliphatic rings. The number of rotatable bonds is 4. The van der Waals surface area contributed by atoms with Gasteiger partial charge in [0.1, 0.15) is 0 Å². The van der Waals surface area contributed by atoms with Crippen LogP contribution in [-0.2, 0) is 4.79 Å². The van der Waals surface area contributed by atoms with E-state index in [0.717, 1.165) is 29.4 Å². The number of aromatic nitrogens is 1. The van der Waals surface area contributed by atoms with Gasteiger partial charge in [-0.3, -0.25) is 4.79 Å². The Morgan fingerprint density at radius 3 is 2.95 bits per heavy atom. The summed E-state index contributed by atoms with van der Waals surface area (Å²) in [6.07, 6.45) is 4.51. The van der Waals surface area contributed by atoms with Crippen LogP contribution in [0.5, 0.6) is 0 Å². The summed E-state index contributed by atoms with van der Waals surface area (Å²) in [6, 6.07) is 12.1. The minimum atomic E-state index is 0.0691. The average molecular weight is 301 g/mol. The highest BCUT2D eigenvalue weighted by atomic mass is 32.2. The fourth-order valence-corrected chi connectivity index (χ4v) is 3.39. The minimum Gasteiger partial charge on any atom is -0.326 e. The number of nitrogens with zero attached hydrogens (tertiary/aromatic N) is 1. The zero-order chi connectivity index (χ0) is 14.5. The van der Waals surface area contributed by atoms with Crippen molar-refractivity contribution in [2.75, 3.05) is 23.4 Å². The van der Waals surface area contributed by atoms with Gasteiger partial charge in [0.25, 0.3) is 0 Å². The van der Waals surface area contributed by atoms with E-state index < -0.39 is 0 Å². The fraction of sp³-hybridized carbons (Fsp3) is 0.312. The van der Waals surface area contributed by atoms with Crippen LogP contribution in [0.3, 0.4) is 0 Å². The smallest absolute Gasteiger partial charge is 0.225 e. The standard InChI is InChI=1S/C16H19N3OS/c20-16(11-14-12-21-9-6-17-14)18-13-4-3-5-15(10-13)19-7-1-2-8-19/h1-5,7-8,10,14,17H,6,9,11-12H2,(H,18,20). The Labute approximate surface area is 128 Å². The lowest BCUT2D eigenvalue weighted by atomic mass is 10.2. The molecule has 2 heterocycles.